The van der Waals surface area contributed by atoms with Gasteiger partial charge in [-0.15, -0.1) is 0 Å². The molecule has 0 saturated heterocycles. The number of imide groups is 1. The molecular formula is C17H10F3NO4. The lowest BCUT2D eigenvalue weighted by Gasteiger charge is -2.19. The van der Waals surface area contributed by atoms with E-state index in [-0.39, 0.29) is 16.9 Å². The molecule has 0 unspecified atom stereocenters. The second-order valence-corrected chi connectivity index (χ2v) is 5.20. The van der Waals surface area contributed by atoms with E-state index in [0.29, 0.717) is 4.90 Å². The number of alkyl halides is 3. The van der Waals surface area contributed by atoms with Crippen LogP contribution in [0.4, 0.5) is 18.9 Å². The monoisotopic (exact) mass is 349 g/mol. The minimum atomic E-state index is -5.17. The summed E-state index contributed by atoms with van der Waals surface area (Å²) in [5.41, 5.74) is -1.14. The first-order chi connectivity index (χ1) is 11.8. The van der Waals surface area contributed by atoms with Gasteiger partial charge in [0.2, 0.25) is 0 Å². The molecule has 1 aliphatic rings. The number of hydrogen-bond acceptors (Lipinski definition) is 4. The van der Waals surface area contributed by atoms with Crippen LogP contribution in [-0.4, -0.2) is 30.9 Å². The third-order valence-electron chi connectivity index (χ3n) is 3.74. The molecule has 1 heterocycles. The molecule has 0 fully saturated rings. The van der Waals surface area contributed by atoms with Gasteiger partial charge >= 0.3 is 6.18 Å². The van der Waals surface area contributed by atoms with Gasteiger partial charge in [0.25, 0.3) is 17.6 Å². The first kappa shape index (κ1) is 16.7. The second-order valence-electron chi connectivity index (χ2n) is 5.20. The summed E-state index contributed by atoms with van der Waals surface area (Å²) in [4.78, 5) is 37.3. The van der Waals surface area contributed by atoms with Gasteiger partial charge in [0.15, 0.2) is 0 Å². The first-order valence-electron chi connectivity index (χ1n) is 7.03. The summed E-state index contributed by atoms with van der Waals surface area (Å²) in [6.45, 7) is 0. The van der Waals surface area contributed by atoms with E-state index in [2.05, 4.69) is 0 Å². The number of ketones is 1. The van der Waals surface area contributed by atoms with Crippen molar-refractivity contribution in [3.05, 3.63) is 59.2 Å². The van der Waals surface area contributed by atoms with E-state index >= 15 is 0 Å². The normalized spacial score (nSPS) is 13.8. The van der Waals surface area contributed by atoms with Crippen molar-refractivity contribution in [3.63, 3.8) is 0 Å². The predicted molar refractivity (Wildman–Crippen MR) is 81.0 cm³/mol. The molecule has 2 aromatic rings. The molecule has 0 N–H and O–H groups in total. The van der Waals surface area contributed by atoms with Crippen LogP contribution in [0, 0.1) is 0 Å². The Kier molecular flexibility index (Phi) is 3.82. The van der Waals surface area contributed by atoms with E-state index in [1.165, 1.54) is 37.4 Å². The van der Waals surface area contributed by atoms with Crippen LogP contribution in [-0.2, 0) is 0 Å². The number of methoxy groups -OCH3 is 1. The summed E-state index contributed by atoms with van der Waals surface area (Å²) < 4.78 is 43.6. The minimum Gasteiger partial charge on any atom is -0.497 e. The molecule has 0 spiro atoms. The highest BCUT2D eigenvalue weighted by molar-refractivity contribution is 6.35. The maximum Gasteiger partial charge on any atom is 0.454 e. The fraction of sp³-hybridized carbons (Fsp3) is 0.118. The predicted octanol–water partition coefficient (Wildman–Crippen LogP) is 3.24. The van der Waals surface area contributed by atoms with Crippen LogP contribution in [0.15, 0.2) is 42.5 Å². The van der Waals surface area contributed by atoms with Gasteiger partial charge in [-0.25, -0.2) is 4.90 Å². The molecule has 5 nitrogen and oxygen atoms in total. The molecule has 2 amide bonds. The molecule has 128 valence electrons. The zero-order valence-electron chi connectivity index (χ0n) is 12.8. The molecule has 2 aromatic carbocycles. The Morgan fingerprint density at radius 3 is 2.04 bits per heavy atom. The second kappa shape index (κ2) is 5.73. The summed E-state index contributed by atoms with van der Waals surface area (Å²) in [6.07, 6.45) is -5.17. The van der Waals surface area contributed by atoms with E-state index in [9.17, 15) is 27.6 Å². The number of nitrogens with zero attached hydrogens (tertiary/aromatic N) is 1. The quantitative estimate of drug-likeness (QED) is 0.630. The number of benzene rings is 2. The zero-order valence-corrected chi connectivity index (χ0v) is 12.8. The maximum absolute atomic E-state index is 12.9. The smallest absolute Gasteiger partial charge is 0.454 e. The van der Waals surface area contributed by atoms with Crippen molar-refractivity contribution in [2.75, 3.05) is 12.0 Å². The minimum absolute atomic E-state index is 0.00652. The third kappa shape index (κ3) is 2.65. The lowest BCUT2D eigenvalue weighted by molar-refractivity contribution is -0.0884. The average molecular weight is 349 g/mol. The Hall–Kier alpha value is -3.16. The number of ether oxygens (including phenoxy) is 1. The Morgan fingerprint density at radius 1 is 1.00 bits per heavy atom. The number of rotatable bonds is 3. The van der Waals surface area contributed by atoms with Crippen molar-refractivity contribution in [2.45, 2.75) is 6.18 Å². The van der Waals surface area contributed by atoms with Gasteiger partial charge in [-0.2, -0.15) is 13.2 Å². The standard InChI is InChI=1S/C17H10F3NO4/c1-25-9-6-7-13(12(8-9)14(22)17(18,19)20)21-15(23)10-4-2-3-5-11(10)16(21)24/h2-8H,1H3. The molecule has 0 radical (unpaired) electrons. The molecule has 0 atom stereocenters. The van der Waals surface area contributed by atoms with Crippen molar-refractivity contribution in [2.24, 2.45) is 0 Å². The topological polar surface area (TPSA) is 63.7 Å². The molecule has 8 heteroatoms. The van der Waals surface area contributed by atoms with Crippen molar-refractivity contribution in [1.29, 1.82) is 0 Å². The Morgan fingerprint density at radius 2 is 1.56 bits per heavy atom. The number of amides is 2. The van der Waals surface area contributed by atoms with E-state index in [1.54, 1.807) is 0 Å². The van der Waals surface area contributed by atoms with E-state index in [4.69, 9.17) is 4.74 Å². The fourth-order valence-corrected chi connectivity index (χ4v) is 2.58. The van der Waals surface area contributed by atoms with E-state index in [0.717, 1.165) is 12.1 Å². The molecule has 0 bridgehead atoms. The number of fused-ring (bicyclic) bond motifs is 1. The van der Waals surface area contributed by atoms with Crippen LogP contribution >= 0.6 is 0 Å². The Balaban J connectivity index is 2.17. The highest BCUT2D eigenvalue weighted by atomic mass is 19.4. The van der Waals surface area contributed by atoms with Crippen molar-refractivity contribution >= 4 is 23.3 Å². The molecule has 3 rings (SSSR count). The van der Waals surface area contributed by atoms with Crippen LogP contribution in [0.3, 0.4) is 0 Å². The summed E-state index contributed by atoms with van der Waals surface area (Å²) in [7, 11) is 1.22. The van der Waals surface area contributed by atoms with Gasteiger partial charge in [-0.3, -0.25) is 14.4 Å². The largest absolute Gasteiger partial charge is 0.497 e. The maximum atomic E-state index is 12.9. The first-order valence-corrected chi connectivity index (χ1v) is 7.03. The number of halogens is 3. The zero-order chi connectivity index (χ0) is 18.4. The molecule has 25 heavy (non-hydrogen) atoms. The van der Waals surface area contributed by atoms with Crippen LogP contribution in [0.5, 0.6) is 5.75 Å². The van der Waals surface area contributed by atoms with Crippen molar-refractivity contribution in [1.82, 2.24) is 0 Å². The number of hydrogen-bond donors (Lipinski definition) is 0. The SMILES string of the molecule is COc1ccc(N2C(=O)c3ccccc3C2=O)c(C(=O)C(F)(F)F)c1. The summed E-state index contributed by atoms with van der Waals surface area (Å²) in [5.74, 6) is -3.75. The Bertz CT molecular complexity index is 870. The lowest BCUT2D eigenvalue weighted by atomic mass is 10.1. The summed E-state index contributed by atoms with van der Waals surface area (Å²) in [6, 6.07) is 9.06. The highest BCUT2D eigenvalue weighted by Crippen LogP contribution is 2.35. The van der Waals surface area contributed by atoms with Crippen LogP contribution in [0.25, 0.3) is 0 Å². The molecule has 1 aliphatic heterocycles. The van der Waals surface area contributed by atoms with E-state index in [1.807, 2.05) is 0 Å². The number of Topliss-reactive ketones (excluding diaryl/α,β-unsaturated/α-hetero) is 1. The van der Waals surface area contributed by atoms with Crippen molar-refractivity contribution < 1.29 is 32.3 Å². The molecule has 0 aromatic heterocycles. The van der Waals surface area contributed by atoms with Crippen LogP contribution < -0.4 is 9.64 Å². The van der Waals surface area contributed by atoms with Gasteiger partial charge in [0.05, 0.1) is 29.5 Å². The fourth-order valence-electron chi connectivity index (χ4n) is 2.58. The van der Waals surface area contributed by atoms with Crippen LogP contribution in [0.1, 0.15) is 31.1 Å². The van der Waals surface area contributed by atoms with Gasteiger partial charge in [-0.05, 0) is 30.3 Å². The lowest BCUT2D eigenvalue weighted by Crippen LogP contribution is -2.33. The van der Waals surface area contributed by atoms with Crippen molar-refractivity contribution in [3.8, 4) is 5.75 Å². The van der Waals surface area contributed by atoms with E-state index < -0.39 is 35.0 Å². The number of carbonyl (C=O) groups excluding carboxylic acids is 3. The molecule has 0 saturated carbocycles. The summed E-state index contributed by atoms with van der Waals surface area (Å²) >= 11 is 0. The highest BCUT2D eigenvalue weighted by Gasteiger charge is 2.44. The van der Waals surface area contributed by atoms with Gasteiger partial charge in [-0.1, -0.05) is 12.1 Å². The van der Waals surface area contributed by atoms with Gasteiger partial charge in [0, 0.05) is 0 Å². The van der Waals surface area contributed by atoms with Crippen LogP contribution in [0.2, 0.25) is 0 Å². The molecule has 0 aliphatic carbocycles. The number of carbonyl (C=O) groups is 3. The molecular weight excluding hydrogens is 339 g/mol. The third-order valence-corrected chi connectivity index (χ3v) is 3.74. The van der Waals surface area contributed by atoms with Gasteiger partial charge in [0.1, 0.15) is 5.75 Å². The van der Waals surface area contributed by atoms with Gasteiger partial charge < -0.3 is 4.74 Å². The number of anilines is 1. The summed E-state index contributed by atoms with van der Waals surface area (Å²) in [5, 5.41) is 0. The average Bonchev–Trinajstić information content (AvgIpc) is 2.84. The Labute approximate surface area is 139 Å².